The lowest BCUT2D eigenvalue weighted by Gasteiger charge is -2.10. The molecule has 0 bridgehead atoms. The third-order valence-electron chi connectivity index (χ3n) is 8.34. The van der Waals surface area contributed by atoms with Gasteiger partial charge in [0.15, 0.2) is 0 Å². The van der Waals surface area contributed by atoms with Crippen molar-refractivity contribution in [3.63, 3.8) is 0 Å². The molecule has 0 atom stereocenters. The summed E-state index contributed by atoms with van der Waals surface area (Å²) in [6.07, 6.45) is 14.7. The van der Waals surface area contributed by atoms with Gasteiger partial charge in [-0.15, -0.1) is 0 Å². The summed E-state index contributed by atoms with van der Waals surface area (Å²) in [6, 6.07) is 26.6. The molecule has 51 heavy (non-hydrogen) atoms. The minimum Gasteiger partial charge on any atom is -0.494 e. The van der Waals surface area contributed by atoms with Crippen LogP contribution in [0.25, 0.3) is 0 Å². The van der Waals surface area contributed by atoms with Crippen molar-refractivity contribution in [1.82, 2.24) is 0 Å². The average molecular weight is 694 g/mol. The van der Waals surface area contributed by atoms with Gasteiger partial charge >= 0.3 is 11.9 Å². The fourth-order valence-electron chi connectivity index (χ4n) is 5.33. The van der Waals surface area contributed by atoms with Gasteiger partial charge in [0.05, 0.1) is 24.3 Å². The molecule has 0 radical (unpaired) electrons. The van der Waals surface area contributed by atoms with E-state index in [9.17, 15) is 14.4 Å². The molecular formula is C43H51NO7. The third-order valence-corrected chi connectivity index (χ3v) is 8.34. The maximum absolute atomic E-state index is 12.9. The molecule has 0 heterocycles. The zero-order valence-corrected chi connectivity index (χ0v) is 30.0. The zero-order valence-electron chi connectivity index (χ0n) is 30.0. The molecule has 0 aliphatic rings. The number of rotatable bonds is 22. The lowest BCUT2D eigenvalue weighted by molar-refractivity contribution is 0.0730. The zero-order chi connectivity index (χ0) is 36.1. The highest BCUT2D eigenvalue weighted by Gasteiger charge is 2.13. The molecule has 0 aromatic heterocycles. The Hall–Kier alpha value is -5.11. The number of ether oxygens (including phenoxy) is 4. The highest BCUT2D eigenvalue weighted by atomic mass is 16.5. The van der Waals surface area contributed by atoms with E-state index in [0.717, 1.165) is 31.4 Å². The molecule has 0 aliphatic heterocycles. The first-order chi connectivity index (χ1) is 24.9. The standard InChI is InChI=1S/C43H51NO7/c1-3-5-7-8-9-10-11-12-13-14-31-49-40-17-15-16-36(32-40)44-41(45)33-18-26-38(27-19-33)50-43(47)35-22-28-39(29-23-35)51-42(46)34-20-24-37(25-21-34)48-30-6-4-2/h15-29,32H,3-14,30-31H2,1-2H3,(H,44,45). The molecule has 4 rings (SSSR count). The maximum Gasteiger partial charge on any atom is 0.343 e. The predicted octanol–water partition coefficient (Wildman–Crippen LogP) is 10.9. The van der Waals surface area contributed by atoms with E-state index in [1.165, 1.54) is 75.6 Å². The Morgan fingerprint density at radius 3 is 1.47 bits per heavy atom. The van der Waals surface area contributed by atoms with Crippen molar-refractivity contribution < 1.29 is 33.3 Å². The number of anilines is 1. The van der Waals surface area contributed by atoms with Crippen LogP contribution in [0.2, 0.25) is 0 Å². The van der Waals surface area contributed by atoms with Gasteiger partial charge in [0.25, 0.3) is 5.91 Å². The molecule has 0 spiro atoms. The summed E-state index contributed by atoms with van der Waals surface area (Å²) in [6.45, 7) is 5.62. The van der Waals surface area contributed by atoms with Crippen molar-refractivity contribution in [2.45, 2.75) is 90.9 Å². The highest BCUT2D eigenvalue weighted by molar-refractivity contribution is 6.04. The number of unbranched alkanes of at least 4 members (excludes halogenated alkanes) is 10. The smallest absolute Gasteiger partial charge is 0.343 e. The number of nitrogens with one attached hydrogen (secondary N) is 1. The van der Waals surface area contributed by atoms with Crippen LogP contribution in [0, 0.1) is 0 Å². The Morgan fingerprint density at radius 2 is 0.922 bits per heavy atom. The third kappa shape index (κ3) is 14.0. The molecular weight excluding hydrogens is 642 g/mol. The Bertz CT molecular complexity index is 1630. The van der Waals surface area contributed by atoms with Crippen LogP contribution in [0.4, 0.5) is 5.69 Å². The summed E-state index contributed by atoms with van der Waals surface area (Å²) in [5, 5.41) is 2.90. The lowest BCUT2D eigenvalue weighted by atomic mass is 10.1. The van der Waals surface area contributed by atoms with E-state index in [0.29, 0.717) is 41.5 Å². The van der Waals surface area contributed by atoms with Crippen LogP contribution in [0.1, 0.15) is 122 Å². The second-order valence-electron chi connectivity index (χ2n) is 12.6. The van der Waals surface area contributed by atoms with Crippen LogP contribution < -0.4 is 24.3 Å². The molecule has 1 N–H and O–H groups in total. The van der Waals surface area contributed by atoms with Gasteiger partial charge in [-0.05, 0) is 97.8 Å². The number of carbonyl (C=O) groups is 3. The number of hydrogen-bond donors (Lipinski definition) is 1. The fourth-order valence-corrected chi connectivity index (χ4v) is 5.33. The number of benzene rings is 4. The number of amides is 1. The monoisotopic (exact) mass is 693 g/mol. The summed E-state index contributed by atoms with van der Waals surface area (Å²) in [5.41, 5.74) is 1.71. The van der Waals surface area contributed by atoms with E-state index in [1.807, 2.05) is 24.3 Å². The Balaban J connectivity index is 1.17. The summed E-state index contributed by atoms with van der Waals surface area (Å²) < 4.78 is 22.5. The van der Waals surface area contributed by atoms with E-state index in [2.05, 4.69) is 19.2 Å². The Morgan fingerprint density at radius 1 is 0.471 bits per heavy atom. The molecule has 1 amide bonds. The minimum atomic E-state index is -0.585. The summed E-state index contributed by atoms with van der Waals surface area (Å²) in [5.74, 6) is 0.602. The first kappa shape index (κ1) is 38.7. The molecule has 0 unspecified atom stereocenters. The molecule has 0 aliphatic carbocycles. The fraction of sp³-hybridized carbons (Fsp3) is 0.372. The van der Waals surface area contributed by atoms with E-state index in [4.69, 9.17) is 18.9 Å². The normalized spacial score (nSPS) is 10.7. The molecule has 0 saturated carbocycles. The van der Waals surface area contributed by atoms with Gasteiger partial charge in [-0.1, -0.05) is 84.1 Å². The van der Waals surface area contributed by atoms with Crippen LogP contribution in [0.15, 0.2) is 97.1 Å². The van der Waals surface area contributed by atoms with Crippen molar-refractivity contribution >= 4 is 23.5 Å². The number of esters is 2. The van der Waals surface area contributed by atoms with Crippen molar-refractivity contribution in [2.75, 3.05) is 18.5 Å². The van der Waals surface area contributed by atoms with Gasteiger partial charge in [-0.3, -0.25) is 4.79 Å². The van der Waals surface area contributed by atoms with Gasteiger partial charge in [0, 0.05) is 17.3 Å². The topological polar surface area (TPSA) is 100 Å². The molecule has 0 saturated heterocycles. The quantitative estimate of drug-likeness (QED) is 0.0497. The lowest BCUT2D eigenvalue weighted by Crippen LogP contribution is -2.12. The van der Waals surface area contributed by atoms with E-state index in [-0.39, 0.29) is 17.2 Å². The van der Waals surface area contributed by atoms with Crippen molar-refractivity contribution in [2.24, 2.45) is 0 Å². The van der Waals surface area contributed by atoms with Crippen LogP contribution in [0.3, 0.4) is 0 Å². The SMILES string of the molecule is CCCCCCCCCCCCOc1cccc(NC(=O)c2ccc(OC(=O)c3ccc(OC(=O)c4ccc(OCCCC)cc4)cc3)cc2)c1. The first-order valence-corrected chi connectivity index (χ1v) is 18.4. The summed E-state index contributed by atoms with van der Waals surface area (Å²) in [7, 11) is 0. The maximum atomic E-state index is 12.9. The van der Waals surface area contributed by atoms with Gasteiger partial charge in [0.2, 0.25) is 0 Å². The number of hydrogen-bond acceptors (Lipinski definition) is 7. The molecule has 4 aromatic carbocycles. The van der Waals surface area contributed by atoms with E-state index in [1.54, 1.807) is 48.5 Å². The molecule has 270 valence electrons. The predicted molar refractivity (Wildman–Crippen MR) is 201 cm³/mol. The Kier molecular flexibility index (Phi) is 16.6. The van der Waals surface area contributed by atoms with E-state index < -0.39 is 11.9 Å². The van der Waals surface area contributed by atoms with Crippen molar-refractivity contribution in [3.05, 3.63) is 114 Å². The summed E-state index contributed by atoms with van der Waals surface area (Å²) >= 11 is 0. The highest BCUT2D eigenvalue weighted by Crippen LogP contribution is 2.22. The van der Waals surface area contributed by atoms with Crippen LogP contribution >= 0.6 is 0 Å². The van der Waals surface area contributed by atoms with Crippen LogP contribution in [0.5, 0.6) is 23.0 Å². The second kappa shape index (κ2) is 21.9. The van der Waals surface area contributed by atoms with Crippen molar-refractivity contribution in [3.8, 4) is 23.0 Å². The van der Waals surface area contributed by atoms with Gasteiger partial charge in [-0.25, -0.2) is 9.59 Å². The Labute approximate surface area is 302 Å². The van der Waals surface area contributed by atoms with Crippen molar-refractivity contribution in [1.29, 1.82) is 0 Å². The molecule has 8 nitrogen and oxygen atoms in total. The minimum absolute atomic E-state index is 0.278. The van der Waals surface area contributed by atoms with Gasteiger partial charge in [-0.2, -0.15) is 0 Å². The summed E-state index contributed by atoms with van der Waals surface area (Å²) in [4.78, 5) is 38.2. The van der Waals surface area contributed by atoms with Gasteiger partial charge in [0.1, 0.15) is 23.0 Å². The largest absolute Gasteiger partial charge is 0.494 e. The second-order valence-corrected chi connectivity index (χ2v) is 12.6. The van der Waals surface area contributed by atoms with Crippen LogP contribution in [-0.4, -0.2) is 31.1 Å². The molecule has 0 fully saturated rings. The first-order valence-electron chi connectivity index (χ1n) is 18.4. The van der Waals surface area contributed by atoms with Crippen LogP contribution in [-0.2, 0) is 0 Å². The molecule has 8 heteroatoms. The van der Waals surface area contributed by atoms with E-state index >= 15 is 0 Å². The van der Waals surface area contributed by atoms with Gasteiger partial charge < -0.3 is 24.3 Å². The number of carbonyl (C=O) groups excluding carboxylic acids is 3. The molecule has 4 aromatic rings. The average Bonchev–Trinajstić information content (AvgIpc) is 3.15.